The maximum absolute atomic E-state index is 13.1. The van der Waals surface area contributed by atoms with E-state index in [9.17, 15) is 4.39 Å². The Labute approximate surface area is 142 Å². The number of hydrogen-bond donors (Lipinski definition) is 0. The lowest BCUT2D eigenvalue weighted by molar-refractivity contribution is 0.509. The van der Waals surface area contributed by atoms with Crippen LogP contribution in [0.4, 0.5) is 4.39 Å². The number of aryl methyl sites for hydroxylation is 1. The number of nitrogens with zero attached hydrogens (tertiary/aromatic N) is 4. The van der Waals surface area contributed by atoms with Gasteiger partial charge in [-0.25, -0.2) is 18.9 Å². The van der Waals surface area contributed by atoms with Gasteiger partial charge in [-0.05, 0) is 55.0 Å². The largest absolute Gasteiger partial charge is 0.225 e. The highest BCUT2D eigenvalue weighted by molar-refractivity contribution is 7.19. The van der Waals surface area contributed by atoms with E-state index in [0.29, 0.717) is 5.82 Å². The molecular formula is C18H15FN4S. The first-order valence-corrected chi connectivity index (χ1v) is 8.92. The Morgan fingerprint density at radius 1 is 1.25 bits per heavy atom. The zero-order valence-electron chi connectivity index (χ0n) is 13.2. The van der Waals surface area contributed by atoms with Crippen molar-refractivity contribution in [2.75, 3.05) is 0 Å². The van der Waals surface area contributed by atoms with E-state index in [1.165, 1.54) is 29.0 Å². The summed E-state index contributed by atoms with van der Waals surface area (Å²) in [6, 6.07) is 6.28. The monoisotopic (exact) mass is 338 g/mol. The van der Waals surface area contributed by atoms with Crippen LogP contribution < -0.4 is 0 Å². The fourth-order valence-corrected chi connectivity index (χ4v) is 4.81. The van der Waals surface area contributed by atoms with Crippen LogP contribution in [0, 0.1) is 11.7 Å². The smallest absolute Gasteiger partial charge is 0.182 e. The molecule has 1 unspecified atom stereocenters. The molecule has 1 aliphatic rings. The Morgan fingerprint density at radius 3 is 2.92 bits per heavy atom. The lowest BCUT2D eigenvalue weighted by Gasteiger charge is -2.17. The first-order valence-electron chi connectivity index (χ1n) is 8.10. The summed E-state index contributed by atoms with van der Waals surface area (Å²) in [7, 11) is 0. The van der Waals surface area contributed by atoms with Crippen LogP contribution in [0.25, 0.3) is 27.3 Å². The van der Waals surface area contributed by atoms with Crippen molar-refractivity contribution in [2.45, 2.75) is 26.2 Å². The Kier molecular flexibility index (Phi) is 2.97. The van der Waals surface area contributed by atoms with E-state index >= 15 is 0 Å². The molecule has 4 aromatic rings. The SMILES string of the molecule is CC1CCc2c(sc3ncn4nc(-c5ccc(F)cc5)nc4c23)C1. The predicted octanol–water partition coefficient (Wildman–Crippen LogP) is 4.27. The highest BCUT2D eigenvalue weighted by Gasteiger charge is 2.23. The van der Waals surface area contributed by atoms with Crippen LogP contribution in [0.3, 0.4) is 0 Å². The van der Waals surface area contributed by atoms with Crippen LogP contribution in [0.5, 0.6) is 0 Å². The first kappa shape index (κ1) is 14.0. The van der Waals surface area contributed by atoms with E-state index in [1.807, 2.05) is 0 Å². The van der Waals surface area contributed by atoms with Crippen molar-refractivity contribution in [1.29, 1.82) is 0 Å². The van der Waals surface area contributed by atoms with Crippen molar-refractivity contribution in [1.82, 2.24) is 19.6 Å². The molecule has 0 saturated carbocycles. The van der Waals surface area contributed by atoms with Crippen molar-refractivity contribution in [3.8, 4) is 11.4 Å². The van der Waals surface area contributed by atoms with Crippen molar-refractivity contribution >= 4 is 27.2 Å². The minimum Gasteiger partial charge on any atom is -0.225 e. The quantitative estimate of drug-likeness (QED) is 0.520. The molecule has 0 spiro atoms. The summed E-state index contributed by atoms with van der Waals surface area (Å²) in [5, 5.41) is 5.68. The molecule has 1 aromatic carbocycles. The summed E-state index contributed by atoms with van der Waals surface area (Å²) in [5.41, 5.74) is 3.06. The standard InChI is InChI=1S/C18H15FN4S/c1-10-2-7-13-14(8-10)24-18-15(13)17-21-16(22-23(17)9-20-18)11-3-5-12(19)6-4-11/h3-6,9-10H,2,7-8H2,1H3. The third-order valence-electron chi connectivity index (χ3n) is 4.73. The van der Waals surface area contributed by atoms with Gasteiger partial charge < -0.3 is 0 Å². The second-order valence-corrected chi connectivity index (χ2v) is 7.57. The van der Waals surface area contributed by atoms with E-state index < -0.39 is 0 Å². The molecule has 3 heterocycles. The molecule has 0 N–H and O–H groups in total. The van der Waals surface area contributed by atoms with Gasteiger partial charge in [0.15, 0.2) is 11.5 Å². The van der Waals surface area contributed by atoms with Crippen LogP contribution in [0.2, 0.25) is 0 Å². The molecule has 1 atom stereocenters. The number of hydrogen-bond acceptors (Lipinski definition) is 4. The molecular weight excluding hydrogens is 323 g/mol. The van der Waals surface area contributed by atoms with Crippen molar-refractivity contribution in [3.63, 3.8) is 0 Å². The molecule has 0 amide bonds. The molecule has 3 aromatic heterocycles. The molecule has 4 nitrogen and oxygen atoms in total. The number of aromatic nitrogens is 4. The first-order chi connectivity index (χ1) is 11.7. The van der Waals surface area contributed by atoms with Gasteiger partial charge in [-0.3, -0.25) is 0 Å². The lowest BCUT2D eigenvalue weighted by atomic mass is 9.89. The minimum atomic E-state index is -0.257. The summed E-state index contributed by atoms with van der Waals surface area (Å²) >= 11 is 1.78. The highest BCUT2D eigenvalue weighted by Crippen LogP contribution is 2.38. The maximum atomic E-state index is 13.1. The Hall–Kier alpha value is -2.34. The number of thiophene rings is 1. The maximum Gasteiger partial charge on any atom is 0.182 e. The van der Waals surface area contributed by atoms with E-state index in [0.717, 1.165) is 40.2 Å². The number of benzene rings is 1. The molecule has 120 valence electrons. The Bertz CT molecular complexity index is 1060. The van der Waals surface area contributed by atoms with Gasteiger partial charge in [0.2, 0.25) is 0 Å². The fraction of sp³-hybridized carbons (Fsp3) is 0.278. The lowest BCUT2D eigenvalue weighted by Crippen LogP contribution is -2.08. The van der Waals surface area contributed by atoms with Gasteiger partial charge in [0.1, 0.15) is 17.0 Å². The predicted molar refractivity (Wildman–Crippen MR) is 92.7 cm³/mol. The summed E-state index contributed by atoms with van der Waals surface area (Å²) in [5.74, 6) is 1.08. The summed E-state index contributed by atoms with van der Waals surface area (Å²) in [6.07, 6.45) is 5.14. The number of halogens is 1. The van der Waals surface area contributed by atoms with E-state index in [1.54, 1.807) is 34.3 Å². The van der Waals surface area contributed by atoms with Gasteiger partial charge in [-0.1, -0.05) is 6.92 Å². The van der Waals surface area contributed by atoms with Gasteiger partial charge in [0, 0.05) is 10.4 Å². The second-order valence-electron chi connectivity index (χ2n) is 6.49. The number of rotatable bonds is 1. The van der Waals surface area contributed by atoms with Crippen molar-refractivity contribution in [2.24, 2.45) is 5.92 Å². The average molecular weight is 338 g/mol. The zero-order valence-corrected chi connectivity index (χ0v) is 14.0. The number of fused-ring (bicyclic) bond motifs is 5. The van der Waals surface area contributed by atoms with Gasteiger partial charge in [-0.15, -0.1) is 16.4 Å². The highest BCUT2D eigenvalue weighted by atomic mass is 32.1. The molecule has 6 heteroatoms. The average Bonchev–Trinajstić information content (AvgIpc) is 3.15. The van der Waals surface area contributed by atoms with Gasteiger partial charge in [0.25, 0.3) is 0 Å². The molecule has 5 rings (SSSR count). The van der Waals surface area contributed by atoms with Crippen LogP contribution >= 0.6 is 11.3 Å². The van der Waals surface area contributed by atoms with Crippen LogP contribution in [0.1, 0.15) is 23.8 Å². The van der Waals surface area contributed by atoms with E-state index in [-0.39, 0.29) is 5.82 Å². The normalized spacial score (nSPS) is 17.5. The summed E-state index contributed by atoms with van der Waals surface area (Å²) in [4.78, 5) is 11.8. The topological polar surface area (TPSA) is 43.1 Å². The second kappa shape index (κ2) is 5.08. The zero-order chi connectivity index (χ0) is 16.3. The van der Waals surface area contributed by atoms with Gasteiger partial charge >= 0.3 is 0 Å². The van der Waals surface area contributed by atoms with Crippen molar-refractivity contribution < 1.29 is 4.39 Å². The Balaban J connectivity index is 1.74. The summed E-state index contributed by atoms with van der Waals surface area (Å²) in [6.45, 7) is 2.31. The molecule has 1 aliphatic carbocycles. The third kappa shape index (κ3) is 2.06. The Morgan fingerprint density at radius 2 is 2.08 bits per heavy atom. The third-order valence-corrected chi connectivity index (χ3v) is 5.90. The fourth-order valence-electron chi connectivity index (χ4n) is 3.46. The van der Waals surface area contributed by atoms with Gasteiger partial charge in [0.05, 0.1) is 5.39 Å². The molecule has 0 fully saturated rings. The van der Waals surface area contributed by atoms with E-state index in [4.69, 9.17) is 4.98 Å². The van der Waals surface area contributed by atoms with Gasteiger partial charge in [-0.2, -0.15) is 0 Å². The van der Waals surface area contributed by atoms with Crippen LogP contribution in [-0.2, 0) is 12.8 Å². The van der Waals surface area contributed by atoms with Crippen LogP contribution in [0.15, 0.2) is 30.6 Å². The molecule has 24 heavy (non-hydrogen) atoms. The summed E-state index contributed by atoms with van der Waals surface area (Å²) < 4.78 is 14.9. The molecule has 0 bridgehead atoms. The van der Waals surface area contributed by atoms with Crippen molar-refractivity contribution in [3.05, 3.63) is 46.9 Å². The molecule has 0 aliphatic heterocycles. The van der Waals surface area contributed by atoms with Crippen LogP contribution in [-0.4, -0.2) is 19.6 Å². The molecule has 0 saturated heterocycles. The molecule has 0 radical (unpaired) electrons. The minimum absolute atomic E-state index is 0.257. The van der Waals surface area contributed by atoms with E-state index in [2.05, 4.69) is 17.0 Å².